The first-order chi connectivity index (χ1) is 33.3. The molecule has 7 N–H and O–H groups in total. The Kier molecular flexibility index (Phi) is 16.8. The van der Waals surface area contributed by atoms with Gasteiger partial charge in [0, 0.05) is 54.4 Å². The van der Waals surface area contributed by atoms with Crippen molar-refractivity contribution in [3.63, 3.8) is 0 Å². The van der Waals surface area contributed by atoms with E-state index < -0.39 is 83.8 Å². The third-order valence-corrected chi connectivity index (χ3v) is 11.3. The lowest BCUT2D eigenvalue weighted by Crippen LogP contribution is -2.57. The summed E-state index contributed by atoms with van der Waals surface area (Å²) in [4.78, 5) is 94.0. The number of β-amino-alcohol motifs (C(OH)–C–C–N with tert-alkyl or cyclic N) is 1. The molecule has 4 aromatic rings. The lowest BCUT2D eigenvalue weighted by atomic mass is 9.98. The van der Waals surface area contributed by atoms with Crippen LogP contribution < -0.4 is 26.2 Å². The third kappa shape index (κ3) is 11.9. The van der Waals surface area contributed by atoms with E-state index in [1.165, 1.54) is 12.1 Å². The highest BCUT2D eigenvalue weighted by Gasteiger charge is 2.58. The number of H-pyrrole nitrogens is 1. The van der Waals surface area contributed by atoms with E-state index in [0.717, 1.165) is 21.9 Å². The van der Waals surface area contributed by atoms with Gasteiger partial charge < -0.3 is 59.7 Å². The second kappa shape index (κ2) is 23.0. The van der Waals surface area contributed by atoms with Crippen molar-refractivity contribution >= 4 is 63.6 Å². The van der Waals surface area contributed by atoms with Crippen molar-refractivity contribution < 1.29 is 76.2 Å². The number of nitrogens with zero attached hydrogens (tertiary/aromatic N) is 2. The van der Waals surface area contributed by atoms with Gasteiger partial charge in [-0.3, -0.25) is 43.8 Å². The van der Waals surface area contributed by atoms with Gasteiger partial charge in [0.2, 0.25) is 17.4 Å². The molecule has 0 radical (unpaired) electrons. The Hall–Kier alpha value is -6.73. The summed E-state index contributed by atoms with van der Waals surface area (Å²) in [6.07, 6.45) is -1.70. The topological polar surface area (TPSA) is 276 Å². The zero-order valence-electron chi connectivity index (χ0n) is 37.2. The van der Waals surface area contributed by atoms with Crippen molar-refractivity contribution in [1.82, 2.24) is 25.8 Å². The van der Waals surface area contributed by atoms with Gasteiger partial charge in [-0.25, -0.2) is 8.78 Å². The average Bonchev–Trinajstić information content (AvgIpc) is 3.94. The molecule has 368 valence electrons. The van der Waals surface area contributed by atoms with Gasteiger partial charge in [0.15, 0.2) is 0 Å². The number of hydrogen-bond acceptors (Lipinski definition) is 15. The van der Waals surface area contributed by atoms with Crippen molar-refractivity contribution in [1.29, 1.82) is 0 Å². The normalized spacial score (nSPS) is 19.1. The second-order valence-electron chi connectivity index (χ2n) is 16.0. The van der Waals surface area contributed by atoms with E-state index in [-0.39, 0.29) is 60.7 Å². The lowest BCUT2D eigenvalue weighted by molar-refractivity contribution is -0.157. The molecule has 3 atom stereocenters. The van der Waals surface area contributed by atoms with Crippen LogP contribution in [0.25, 0.3) is 10.9 Å². The number of nitrogens with one attached hydrogen (secondary N) is 5. The quantitative estimate of drug-likeness (QED) is 0.0271. The zero-order chi connectivity index (χ0) is 49.1. The molecule has 3 unspecified atom stereocenters. The first-order valence-corrected chi connectivity index (χ1v) is 22.1. The molecule has 0 bridgehead atoms. The molecule has 3 aliphatic heterocycles. The largest absolute Gasteiger partial charge is 0.387 e. The van der Waals surface area contributed by atoms with Crippen molar-refractivity contribution in [2.45, 2.75) is 37.1 Å². The van der Waals surface area contributed by atoms with Gasteiger partial charge in [-0.1, -0.05) is 6.07 Å². The van der Waals surface area contributed by atoms with E-state index in [9.17, 15) is 52.6 Å². The minimum Gasteiger partial charge on any atom is -0.387 e. The highest BCUT2D eigenvalue weighted by atomic mass is 19.1. The minimum absolute atomic E-state index is 0.0396. The molecule has 7 rings (SSSR count). The number of aliphatic hydroxyl groups is 2. The Labute approximate surface area is 392 Å². The van der Waals surface area contributed by atoms with E-state index in [1.54, 1.807) is 30.3 Å². The number of carbonyl (C=O) groups is 7. The minimum atomic E-state index is -2.86. The van der Waals surface area contributed by atoms with Crippen LogP contribution in [-0.4, -0.2) is 165 Å². The van der Waals surface area contributed by atoms with E-state index in [1.807, 2.05) is 0 Å². The number of piperidine rings is 1. The summed E-state index contributed by atoms with van der Waals surface area (Å²) in [6, 6.07) is 12.6. The summed E-state index contributed by atoms with van der Waals surface area (Å²) < 4.78 is 54.8. The molecule has 23 heteroatoms. The fraction of sp³-hybridized carbons (Fsp3) is 0.413. The van der Waals surface area contributed by atoms with Crippen LogP contribution in [0.15, 0.2) is 60.7 Å². The molecule has 1 aromatic heterocycles. The van der Waals surface area contributed by atoms with Crippen LogP contribution >= 0.6 is 0 Å². The maximum absolute atomic E-state index is 13.6. The highest BCUT2D eigenvalue weighted by Crippen LogP contribution is 2.33. The molecule has 0 spiro atoms. The number of rotatable bonds is 25. The number of imide groups is 2. The number of amides is 7. The van der Waals surface area contributed by atoms with Gasteiger partial charge in [-0.15, -0.1) is 0 Å². The van der Waals surface area contributed by atoms with Gasteiger partial charge >= 0.3 is 0 Å². The van der Waals surface area contributed by atoms with Crippen LogP contribution in [0.1, 0.15) is 49.6 Å². The second-order valence-corrected chi connectivity index (χ2v) is 16.0. The third-order valence-electron chi connectivity index (χ3n) is 11.3. The smallest absolute Gasteiger partial charge is 0.271 e. The highest BCUT2D eigenvalue weighted by molar-refractivity contribution is 6.25. The predicted octanol–water partition coefficient (Wildman–Crippen LogP) is 0.527. The monoisotopic (exact) mass is 963 g/mol. The van der Waals surface area contributed by atoms with Crippen molar-refractivity contribution in [3.05, 3.63) is 94.7 Å². The maximum Gasteiger partial charge on any atom is 0.271 e. The summed E-state index contributed by atoms with van der Waals surface area (Å²) in [5.41, 5.74) is -0.976. The zero-order valence-corrected chi connectivity index (χ0v) is 37.2. The van der Waals surface area contributed by atoms with Crippen molar-refractivity contribution in [2.24, 2.45) is 0 Å². The average molecular weight is 964 g/mol. The number of fused-ring (bicyclic) bond motifs is 2. The molecular weight excluding hydrogens is 913 g/mol. The Morgan fingerprint density at radius 2 is 1.41 bits per heavy atom. The van der Waals surface area contributed by atoms with E-state index in [0.29, 0.717) is 82.1 Å². The summed E-state index contributed by atoms with van der Waals surface area (Å²) in [5, 5.41) is 32.4. The molecule has 2 fully saturated rings. The van der Waals surface area contributed by atoms with Crippen LogP contribution in [0.4, 0.5) is 20.2 Å². The van der Waals surface area contributed by atoms with Gasteiger partial charge in [-0.05, 0) is 60.5 Å². The molecule has 69 heavy (non-hydrogen) atoms. The molecule has 0 aliphatic carbocycles. The summed E-state index contributed by atoms with van der Waals surface area (Å²) >= 11 is 0. The SMILES string of the molecule is O=C1CCC(N2C(=O)c3cccc(NCCOCCOCCOCCOCCOCCNC(=O)c4cc5cc(N6CC(O)C(O)(C(=O)NCc7cc(F)cc(F)c7)C6=O)ccc5[nH]4)c3C2=O)C(=O)N1. The van der Waals surface area contributed by atoms with E-state index >= 15 is 0 Å². The van der Waals surface area contributed by atoms with Crippen LogP contribution in [0, 0.1) is 11.6 Å². The number of aromatic nitrogens is 1. The van der Waals surface area contributed by atoms with Gasteiger partial charge in [-0.2, -0.15) is 0 Å². The Morgan fingerprint density at radius 3 is 2.06 bits per heavy atom. The van der Waals surface area contributed by atoms with Gasteiger partial charge in [0.25, 0.3) is 29.5 Å². The van der Waals surface area contributed by atoms with E-state index in [2.05, 4.69) is 26.3 Å². The van der Waals surface area contributed by atoms with E-state index in [4.69, 9.17) is 23.7 Å². The van der Waals surface area contributed by atoms with Crippen LogP contribution in [0.2, 0.25) is 0 Å². The van der Waals surface area contributed by atoms with Crippen LogP contribution in [-0.2, 0) is 49.4 Å². The molecule has 3 aliphatic rings. The van der Waals surface area contributed by atoms with Crippen molar-refractivity contribution in [2.75, 3.05) is 95.9 Å². The van der Waals surface area contributed by atoms with Crippen LogP contribution in [0.5, 0.6) is 0 Å². The fourth-order valence-electron chi connectivity index (χ4n) is 7.88. The number of ether oxygens (including phenoxy) is 5. The molecule has 3 aromatic carbocycles. The van der Waals surface area contributed by atoms with Crippen molar-refractivity contribution in [3.8, 4) is 0 Å². The molecule has 21 nitrogen and oxygen atoms in total. The number of anilines is 2. The Balaban J connectivity index is 0.691. The Bertz CT molecular complexity index is 2560. The summed E-state index contributed by atoms with van der Waals surface area (Å²) in [7, 11) is 0. The first-order valence-electron chi connectivity index (χ1n) is 22.1. The number of hydrogen-bond donors (Lipinski definition) is 7. The molecule has 2 saturated heterocycles. The predicted molar refractivity (Wildman–Crippen MR) is 238 cm³/mol. The number of benzene rings is 3. The van der Waals surface area contributed by atoms with Crippen LogP contribution in [0.3, 0.4) is 0 Å². The number of aliphatic hydroxyl groups excluding tert-OH is 1. The fourth-order valence-corrected chi connectivity index (χ4v) is 7.88. The molecule has 0 saturated carbocycles. The summed E-state index contributed by atoms with van der Waals surface area (Å²) in [5.74, 6) is -6.77. The molecule has 7 amide bonds. The lowest BCUT2D eigenvalue weighted by Gasteiger charge is -2.27. The van der Waals surface area contributed by atoms with Gasteiger partial charge in [0.05, 0.1) is 83.7 Å². The first kappa shape index (κ1) is 50.2. The number of aromatic amines is 1. The number of carbonyl (C=O) groups excluding carboxylic acids is 7. The summed E-state index contributed by atoms with van der Waals surface area (Å²) in [6.45, 7) is 2.83. The maximum atomic E-state index is 13.6. The number of halogens is 2. The standard InChI is InChI=1S/C46H51F2N7O14/c47-29-20-27(21-30(48)24-29)25-51-44(62)46(64)37(56)26-54(45(46)63)31-4-5-33-28(22-31)23-35(52-33)40(58)50-9-11-66-13-15-68-17-19-69-18-16-67-14-12-65-10-8-49-34-3-1-2-32-39(34)43(61)55(42(32)60)36-6-7-38(57)53-41(36)59/h1-5,20-24,36-37,49,52,56,64H,6-19,25-26H2,(H,50,58)(H,51,62)(H,53,57,59). The molecular formula is C46H51F2N7O14. The van der Waals surface area contributed by atoms with Gasteiger partial charge in [0.1, 0.15) is 29.5 Å². The Morgan fingerprint density at radius 1 is 0.768 bits per heavy atom. The molecule has 4 heterocycles.